The van der Waals surface area contributed by atoms with E-state index in [9.17, 15) is 9.59 Å². The largest absolute Gasteiger partial charge is 0.355 e. The molecule has 6 nitrogen and oxygen atoms in total. The minimum Gasteiger partial charge on any atom is -0.355 e. The minimum atomic E-state index is -0.145. The minimum absolute atomic E-state index is 0.0576. The number of carbonyl (C=O) groups excluding carboxylic acids is 2. The Bertz CT molecular complexity index is 916. The number of nitrogens with one attached hydrogen (secondary N) is 2. The van der Waals surface area contributed by atoms with Crippen molar-refractivity contribution in [3.63, 3.8) is 0 Å². The maximum absolute atomic E-state index is 12.4. The Morgan fingerprint density at radius 1 is 1.03 bits per heavy atom. The molecule has 0 spiro atoms. The van der Waals surface area contributed by atoms with Crippen LogP contribution >= 0.6 is 11.8 Å². The topological polar surface area (TPSA) is 78.1 Å². The van der Waals surface area contributed by atoms with Gasteiger partial charge in [-0.15, -0.1) is 0 Å². The lowest BCUT2D eigenvalue weighted by Crippen LogP contribution is -2.39. The molecule has 0 radical (unpaired) electrons. The number of nitrogens with zero attached hydrogens (tertiary/aromatic N) is 2. The van der Waals surface area contributed by atoms with Gasteiger partial charge in [0.15, 0.2) is 5.16 Å². The molecular weight excluding hydrogens is 396 g/mol. The second-order valence-electron chi connectivity index (χ2n) is 6.89. The number of imidazole rings is 1. The average Bonchev–Trinajstić information content (AvgIpc) is 3.21. The third-order valence-electron chi connectivity index (χ3n) is 4.50. The Hall–Kier alpha value is -3.06. The molecule has 0 atom stereocenters. The summed E-state index contributed by atoms with van der Waals surface area (Å²) >= 11 is 1.34. The number of amides is 2. The van der Waals surface area contributed by atoms with Gasteiger partial charge in [-0.1, -0.05) is 79.3 Å². The van der Waals surface area contributed by atoms with E-state index in [-0.39, 0.29) is 24.1 Å². The maximum atomic E-state index is 12.4. The summed E-state index contributed by atoms with van der Waals surface area (Å²) in [7, 11) is 1.64. The highest BCUT2D eigenvalue weighted by Gasteiger charge is 2.17. The number of benzene rings is 2. The van der Waals surface area contributed by atoms with E-state index in [4.69, 9.17) is 4.98 Å². The standard InChI is InChI=1S/C23H26N4O2S/c1-3-14-24-19(28)15-27(2)20(29)16-30-23-25-21(17-10-6-4-7-11-17)22(26-23)18-12-8-5-9-13-18/h4-13H,3,14-16H2,1-2H3,(H,24,28)(H,25,26). The highest BCUT2D eigenvalue weighted by Crippen LogP contribution is 2.32. The molecule has 30 heavy (non-hydrogen) atoms. The molecule has 0 bridgehead atoms. The first-order chi connectivity index (χ1) is 14.6. The number of H-pyrrole nitrogens is 1. The zero-order valence-electron chi connectivity index (χ0n) is 17.2. The lowest BCUT2D eigenvalue weighted by atomic mass is 10.1. The van der Waals surface area contributed by atoms with Gasteiger partial charge in [0.1, 0.15) is 0 Å². The van der Waals surface area contributed by atoms with E-state index >= 15 is 0 Å². The van der Waals surface area contributed by atoms with Crippen molar-refractivity contribution in [1.82, 2.24) is 20.2 Å². The van der Waals surface area contributed by atoms with Crippen LogP contribution < -0.4 is 5.32 Å². The highest BCUT2D eigenvalue weighted by molar-refractivity contribution is 7.99. The first-order valence-electron chi connectivity index (χ1n) is 9.92. The molecule has 0 aliphatic heterocycles. The van der Waals surface area contributed by atoms with Gasteiger partial charge in [-0.05, 0) is 6.42 Å². The smallest absolute Gasteiger partial charge is 0.239 e. The molecule has 2 N–H and O–H groups in total. The second-order valence-corrected chi connectivity index (χ2v) is 7.85. The molecule has 7 heteroatoms. The van der Waals surface area contributed by atoms with Gasteiger partial charge in [-0.25, -0.2) is 4.98 Å². The number of carbonyl (C=O) groups is 2. The van der Waals surface area contributed by atoms with Crippen molar-refractivity contribution in [3.8, 4) is 22.5 Å². The quantitative estimate of drug-likeness (QED) is 0.514. The molecule has 1 heterocycles. The summed E-state index contributed by atoms with van der Waals surface area (Å²) in [6.45, 7) is 2.66. The number of aromatic amines is 1. The first-order valence-corrected chi connectivity index (χ1v) is 10.9. The number of likely N-dealkylation sites (N-methyl/N-ethyl adjacent to an activating group) is 1. The van der Waals surface area contributed by atoms with Crippen LogP contribution in [0.5, 0.6) is 0 Å². The summed E-state index contributed by atoms with van der Waals surface area (Å²) in [5.74, 6) is -0.0629. The molecule has 156 valence electrons. The molecule has 0 aliphatic rings. The number of rotatable bonds is 9. The number of thioether (sulfide) groups is 1. The van der Waals surface area contributed by atoms with Crippen molar-refractivity contribution >= 4 is 23.6 Å². The van der Waals surface area contributed by atoms with Crippen molar-refractivity contribution in [2.75, 3.05) is 25.9 Å². The van der Waals surface area contributed by atoms with E-state index in [1.54, 1.807) is 7.05 Å². The average molecular weight is 423 g/mol. The van der Waals surface area contributed by atoms with Crippen molar-refractivity contribution in [2.24, 2.45) is 0 Å². The SMILES string of the molecule is CCCNC(=O)CN(C)C(=O)CSc1nc(-c2ccccc2)c(-c2ccccc2)[nH]1. The summed E-state index contributed by atoms with van der Waals surface area (Å²) < 4.78 is 0. The van der Waals surface area contributed by atoms with E-state index in [1.807, 2.05) is 67.6 Å². The molecule has 1 aromatic heterocycles. The molecule has 0 saturated heterocycles. The molecule has 0 aliphatic carbocycles. The fraction of sp³-hybridized carbons (Fsp3) is 0.261. The fourth-order valence-electron chi connectivity index (χ4n) is 2.90. The van der Waals surface area contributed by atoms with Gasteiger partial charge in [-0.3, -0.25) is 9.59 Å². The zero-order valence-corrected chi connectivity index (χ0v) is 18.0. The summed E-state index contributed by atoms with van der Waals surface area (Å²) in [6.07, 6.45) is 0.866. The molecular formula is C23H26N4O2S. The van der Waals surface area contributed by atoms with E-state index < -0.39 is 0 Å². The second kappa shape index (κ2) is 10.6. The summed E-state index contributed by atoms with van der Waals surface area (Å²) in [4.78, 5) is 33.8. The molecule has 3 aromatic rings. The Morgan fingerprint density at radius 3 is 2.30 bits per heavy atom. The van der Waals surface area contributed by atoms with Gasteiger partial charge in [0.2, 0.25) is 11.8 Å². The molecule has 0 unspecified atom stereocenters. The summed E-state index contributed by atoms with van der Waals surface area (Å²) in [5, 5.41) is 3.45. The normalized spacial score (nSPS) is 10.6. The van der Waals surface area contributed by atoms with E-state index in [0.29, 0.717) is 11.7 Å². The Morgan fingerprint density at radius 2 is 1.67 bits per heavy atom. The van der Waals surface area contributed by atoms with E-state index in [1.165, 1.54) is 16.7 Å². The fourth-order valence-corrected chi connectivity index (χ4v) is 3.71. The van der Waals surface area contributed by atoms with Crippen molar-refractivity contribution in [3.05, 3.63) is 60.7 Å². The Kier molecular flexibility index (Phi) is 7.68. The zero-order chi connectivity index (χ0) is 21.3. The summed E-state index contributed by atoms with van der Waals surface area (Å²) in [6, 6.07) is 20.0. The van der Waals surface area contributed by atoms with Crippen LogP contribution in [0.3, 0.4) is 0 Å². The van der Waals surface area contributed by atoms with Gasteiger partial charge in [0.05, 0.1) is 23.7 Å². The van der Waals surface area contributed by atoms with Gasteiger partial charge < -0.3 is 15.2 Å². The maximum Gasteiger partial charge on any atom is 0.239 e. The van der Waals surface area contributed by atoms with Crippen LogP contribution in [0.1, 0.15) is 13.3 Å². The number of hydrogen-bond donors (Lipinski definition) is 2. The lowest BCUT2D eigenvalue weighted by Gasteiger charge is -2.16. The van der Waals surface area contributed by atoms with Crippen LogP contribution in [-0.2, 0) is 9.59 Å². The van der Waals surface area contributed by atoms with Gasteiger partial charge in [0, 0.05) is 24.7 Å². The van der Waals surface area contributed by atoms with Crippen LogP contribution in [0.4, 0.5) is 0 Å². The molecule has 0 saturated carbocycles. The Balaban J connectivity index is 1.72. The third-order valence-corrected chi connectivity index (χ3v) is 5.36. The molecule has 3 rings (SSSR count). The van der Waals surface area contributed by atoms with E-state index in [0.717, 1.165) is 28.9 Å². The van der Waals surface area contributed by atoms with Crippen molar-refractivity contribution in [2.45, 2.75) is 18.5 Å². The first kappa shape index (κ1) is 21.6. The predicted octanol–water partition coefficient (Wildman–Crippen LogP) is 3.82. The van der Waals surface area contributed by atoms with Gasteiger partial charge in [-0.2, -0.15) is 0 Å². The van der Waals surface area contributed by atoms with Crippen LogP contribution in [0.15, 0.2) is 65.8 Å². The lowest BCUT2D eigenvalue weighted by molar-refractivity contribution is -0.132. The Labute approximate surface area is 181 Å². The number of aromatic nitrogens is 2. The number of hydrogen-bond acceptors (Lipinski definition) is 4. The van der Waals surface area contributed by atoms with E-state index in [2.05, 4.69) is 10.3 Å². The van der Waals surface area contributed by atoms with Crippen LogP contribution in [0.2, 0.25) is 0 Å². The van der Waals surface area contributed by atoms with Gasteiger partial charge >= 0.3 is 0 Å². The molecule has 2 aromatic carbocycles. The molecule has 2 amide bonds. The monoisotopic (exact) mass is 422 g/mol. The molecule has 0 fully saturated rings. The van der Waals surface area contributed by atoms with Crippen molar-refractivity contribution < 1.29 is 9.59 Å². The third kappa shape index (κ3) is 5.73. The van der Waals surface area contributed by atoms with Crippen LogP contribution in [0.25, 0.3) is 22.5 Å². The predicted molar refractivity (Wildman–Crippen MR) is 121 cm³/mol. The van der Waals surface area contributed by atoms with Crippen LogP contribution in [-0.4, -0.2) is 52.6 Å². The highest BCUT2D eigenvalue weighted by atomic mass is 32.2. The van der Waals surface area contributed by atoms with Crippen molar-refractivity contribution in [1.29, 1.82) is 0 Å². The van der Waals surface area contributed by atoms with Gasteiger partial charge in [0.25, 0.3) is 0 Å². The van der Waals surface area contributed by atoms with Crippen LogP contribution in [0, 0.1) is 0 Å². The summed E-state index contributed by atoms with van der Waals surface area (Å²) in [5.41, 5.74) is 3.82.